The molecule has 0 fully saturated rings. The zero-order chi connectivity index (χ0) is 9.42. The second kappa shape index (κ2) is 2.52. The van der Waals surface area contributed by atoms with Gasteiger partial charge in [-0.15, -0.1) is 0 Å². The Morgan fingerprint density at radius 2 is 1.85 bits per heavy atom. The van der Waals surface area contributed by atoms with Crippen LogP contribution in [0.2, 0.25) is 0 Å². The van der Waals surface area contributed by atoms with Crippen molar-refractivity contribution in [3.05, 3.63) is 24.4 Å². The topological polar surface area (TPSA) is 73.6 Å². The van der Waals surface area contributed by atoms with Crippen LogP contribution in [-0.2, 0) is 0 Å². The van der Waals surface area contributed by atoms with Crippen LogP contribution in [0.15, 0.2) is 24.4 Å². The van der Waals surface area contributed by atoms with E-state index in [0.29, 0.717) is 5.39 Å². The first-order chi connectivity index (χ1) is 6.20. The van der Waals surface area contributed by atoms with Crippen molar-refractivity contribution in [1.82, 2.24) is 4.98 Å². The van der Waals surface area contributed by atoms with E-state index < -0.39 is 0 Å². The van der Waals surface area contributed by atoms with E-state index >= 15 is 0 Å². The first-order valence-electron chi connectivity index (χ1n) is 3.69. The number of nitrogens with zero attached hydrogens (tertiary/aromatic N) is 1. The van der Waals surface area contributed by atoms with Crippen molar-refractivity contribution in [2.75, 3.05) is 0 Å². The summed E-state index contributed by atoms with van der Waals surface area (Å²) in [5.41, 5.74) is 0.276. The van der Waals surface area contributed by atoms with Crippen LogP contribution in [0, 0.1) is 0 Å². The molecule has 2 aromatic rings. The average molecular weight is 177 g/mol. The Bertz CT molecular complexity index is 468. The number of hydrogen-bond donors (Lipinski definition) is 3. The lowest BCUT2D eigenvalue weighted by Crippen LogP contribution is -1.80. The maximum atomic E-state index is 9.38. The van der Waals surface area contributed by atoms with Gasteiger partial charge in [0.1, 0.15) is 11.3 Å². The quantitative estimate of drug-likeness (QED) is 0.419. The van der Waals surface area contributed by atoms with Crippen LogP contribution in [0.25, 0.3) is 10.9 Å². The third-order valence-electron chi connectivity index (χ3n) is 1.82. The minimum absolute atomic E-state index is 0.147. The SMILES string of the molecule is Oc1cc(O)c2ncccc2c1O. The molecule has 0 aliphatic carbocycles. The highest BCUT2D eigenvalue weighted by Gasteiger charge is 2.09. The Balaban J connectivity index is 2.97. The summed E-state index contributed by atoms with van der Waals surface area (Å²) >= 11 is 0. The van der Waals surface area contributed by atoms with Crippen LogP contribution in [0.4, 0.5) is 0 Å². The Morgan fingerprint density at radius 3 is 2.62 bits per heavy atom. The highest BCUT2D eigenvalue weighted by Crippen LogP contribution is 2.37. The minimum atomic E-state index is -0.349. The second-order valence-corrected chi connectivity index (χ2v) is 2.66. The Hall–Kier alpha value is -1.97. The molecule has 0 spiro atoms. The molecule has 0 saturated heterocycles. The van der Waals surface area contributed by atoms with Crippen LogP contribution < -0.4 is 0 Å². The molecule has 0 aliphatic heterocycles. The molecular formula is C9H7NO3. The van der Waals surface area contributed by atoms with E-state index in [1.165, 1.54) is 6.20 Å². The maximum absolute atomic E-state index is 9.38. The third kappa shape index (κ3) is 1.03. The van der Waals surface area contributed by atoms with Crippen LogP contribution in [0.3, 0.4) is 0 Å². The Morgan fingerprint density at radius 1 is 1.08 bits per heavy atom. The Kier molecular flexibility index (Phi) is 1.48. The van der Waals surface area contributed by atoms with Gasteiger partial charge in [0.2, 0.25) is 0 Å². The molecule has 3 N–H and O–H groups in total. The van der Waals surface area contributed by atoms with Crippen molar-refractivity contribution >= 4 is 10.9 Å². The van der Waals surface area contributed by atoms with Gasteiger partial charge in [-0.1, -0.05) is 0 Å². The molecule has 66 valence electrons. The lowest BCUT2D eigenvalue weighted by molar-refractivity contribution is 0.402. The summed E-state index contributed by atoms with van der Waals surface area (Å²) in [6, 6.07) is 4.24. The van der Waals surface area contributed by atoms with Crippen molar-refractivity contribution in [2.45, 2.75) is 0 Å². The van der Waals surface area contributed by atoms with Crippen molar-refractivity contribution < 1.29 is 15.3 Å². The molecule has 1 aromatic heterocycles. The molecule has 4 heteroatoms. The van der Waals surface area contributed by atoms with E-state index in [2.05, 4.69) is 4.98 Å². The predicted molar refractivity (Wildman–Crippen MR) is 46.7 cm³/mol. The molecule has 0 bridgehead atoms. The molecule has 0 aliphatic rings. The first-order valence-corrected chi connectivity index (χ1v) is 3.69. The van der Waals surface area contributed by atoms with Crippen molar-refractivity contribution in [1.29, 1.82) is 0 Å². The molecule has 2 rings (SSSR count). The zero-order valence-corrected chi connectivity index (χ0v) is 6.60. The maximum Gasteiger partial charge on any atom is 0.167 e. The van der Waals surface area contributed by atoms with Crippen molar-refractivity contribution in [2.24, 2.45) is 0 Å². The van der Waals surface area contributed by atoms with Gasteiger partial charge in [-0.3, -0.25) is 4.98 Å². The molecule has 0 atom stereocenters. The van der Waals surface area contributed by atoms with Gasteiger partial charge in [0.15, 0.2) is 11.5 Å². The van der Waals surface area contributed by atoms with Gasteiger partial charge in [-0.25, -0.2) is 0 Å². The van der Waals surface area contributed by atoms with Gasteiger partial charge in [0, 0.05) is 17.6 Å². The number of pyridine rings is 1. The molecule has 0 radical (unpaired) electrons. The van der Waals surface area contributed by atoms with Gasteiger partial charge in [0.05, 0.1) is 0 Å². The summed E-state index contributed by atoms with van der Waals surface area (Å²) in [5.74, 6) is -0.759. The first kappa shape index (κ1) is 7.67. The molecule has 13 heavy (non-hydrogen) atoms. The normalized spacial score (nSPS) is 10.5. The number of rotatable bonds is 0. The van der Waals surface area contributed by atoms with E-state index in [1.807, 2.05) is 0 Å². The summed E-state index contributed by atoms with van der Waals surface area (Å²) in [7, 11) is 0. The monoisotopic (exact) mass is 177 g/mol. The van der Waals surface area contributed by atoms with Gasteiger partial charge >= 0.3 is 0 Å². The molecule has 4 nitrogen and oxygen atoms in total. The molecule has 0 saturated carbocycles. The standard InChI is InChI=1S/C9H7NO3/c11-6-4-7(12)9(13)5-2-1-3-10-8(5)6/h1-4,11-13H. The van der Waals surface area contributed by atoms with Gasteiger partial charge in [0.25, 0.3) is 0 Å². The van der Waals surface area contributed by atoms with E-state index in [0.717, 1.165) is 6.07 Å². The lowest BCUT2D eigenvalue weighted by Gasteiger charge is -2.03. The highest BCUT2D eigenvalue weighted by molar-refractivity contribution is 5.91. The molecule has 1 aromatic carbocycles. The predicted octanol–water partition coefficient (Wildman–Crippen LogP) is 1.35. The number of phenolic OH excluding ortho intramolecular Hbond substituents is 3. The fraction of sp³-hybridized carbons (Fsp3) is 0. The third-order valence-corrected chi connectivity index (χ3v) is 1.82. The van der Waals surface area contributed by atoms with Crippen LogP contribution in [0.1, 0.15) is 0 Å². The minimum Gasteiger partial charge on any atom is -0.506 e. The fourth-order valence-electron chi connectivity index (χ4n) is 1.20. The lowest BCUT2D eigenvalue weighted by atomic mass is 10.2. The van der Waals surface area contributed by atoms with E-state index in [4.69, 9.17) is 5.11 Å². The zero-order valence-electron chi connectivity index (χ0n) is 6.60. The molecule has 1 heterocycles. The van der Waals surface area contributed by atoms with E-state index in [9.17, 15) is 10.2 Å². The summed E-state index contributed by atoms with van der Waals surface area (Å²) in [5, 5.41) is 28.2. The summed E-state index contributed by atoms with van der Waals surface area (Å²) < 4.78 is 0. The fourth-order valence-corrected chi connectivity index (χ4v) is 1.20. The molecule has 0 unspecified atom stereocenters. The van der Waals surface area contributed by atoms with Gasteiger partial charge < -0.3 is 15.3 Å². The van der Waals surface area contributed by atoms with Crippen LogP contribution in [-0.4, -0.2) is 20.3 Å². The summed E-state index contributed by atoms with van der Waals surface area (Å²) in [6.07, 6.45) is 1.50. The van der Waals surface area contributed by atoms with Gasteiger partial charge in [-0.2, -0.15) is 0 Å². The van der Waals surface area contributed by atoms with E-state index in [-0.39, 0.29) is 22.8 Å². The average Bonchev–Trinajstić information content (AvgIpc) is 2.15. The summed E-state index contributed by atoms with van der Waals surface area (Å²) in [6.45, 7) is 0. The number of aromatic nitrogens is 1. The molecular weight excluding hydrogens is 170 g/mol. The summed E-state index contributed by atoms with van der Waals surface area (Å²) in [4.78, 5) is 3.86. The smallest absolute Gasteiger partial charge is 0.167 e. The van der Waals surface area contributed by atoms with Crippen molar-refractivity contribution in [3.63, 3.8) is 0 Å². The van der Waals surface area contributed by atoms with E-state index in [1.54, 1.807) is 12.1 Å². The second-order valence-electron chi connectivity index (χ2n) is 2.66. The number of phenols is 3. The van der Waals surface area contributed by atoms with Crippen molar-refractivity contribution in [3.8, 4) is 17.2 Å². The number of fused-ring (bicyclic) bond motifs is 1. The van der Waals surface area contributed by atoms with Crippen LogP contribution in [0.5, 0.6) is 17.2 Å². The van der Waals surface area contributed by atoms with Crippen LogP contribution >= 0.6 is 0 Å². The number of hydrogen-bond acceptors (Lipinski definition) is 4. The number of aromatic hydroxyl groups is 3. The molecule has 0 amide bonds. The highest BCUT2D eigenvalue weighted by atomic mass is 16.3. The van der Waals surface area contributed by atoms with Gasteiger partial charge in [-0.05, 0) is 12.1 Å². The number of benzene rings is 1. The largest absolute Gasteiger partial charge is 0.506 e. The Labute approximate surface area is 73.7 Å².